The van der Waals surface area contributed by atoms with Gasteiger partial charge in [0, 0.05) is 37.1 Å². The Labute approximate surface area is 179 Å². The van der Waals surface area contributed by atoms with Gasteiger partial charge in [-0.15, -0.1) is 11.3 Å². The minimum absolute atomic E-state index is 0.239. The van der Waals surface area contributed by atoms with Gasteiger partial charge in [-0.2, -0.15) is 0 Å². The smallest absolute Gasteiger partial charge is 0.248 e. The quantitative estimate of drug-likeness (QED) is 0.554. The SMILES string of the molecule is Cc1nc(COc2cccc(C=CC(=O)Nc3ccc4c(c3)OC(C)(C)O4)c2)cs1. The number of rotatable bonds is 6. The number of nitrogens with zero attached hydrogens (tertiary/aromatic N) is 1. The zero-order chi connectivity index (χ0) is 21.1. The average Bonchev–Trinajstić information content (AvgIpc) is 3.25. The zero-order valence-electron chi connectivity index (χ0n) is 17.0. The molecule has 4 rings (SSSR count). The maximum absolute atomic E-state index is 12.3. The fraction of sp³-hybridized carbons (Fsp3) is 0.217. The maximum Gasteiger partial charge on any atom is 0.248 e. The van der Waals surface area contributed by atoms with E-state index in [0.717, 1.165) is 22.0 Å². The Morgan fingerprint density at radius 1 is 1.20 bits per heavy atom. The summed E-state index contributed by atoms with van der Waals surface area (Å²) in [5.74, 6) is 1.06. The molecule has 2 aromatic carbocycles. The van der Waals surface area contributed by atoms with E-state index in [9.17, 15) is 4.79 Å². The van der Waals surface area contributed by atoms with Crippen LogP contribution in [-0.4, -0.2) is 16.7 Å². The Bertz CT molecular complexity index is 1100. The second-order valence-corrected chi connectivity index (χ2v) is 8.37. The largest absolute Gasteiger partial charge is 0.487 e. The van der Waals surface area contributed by atoms with Crippen molar-refractivity contribution < 1.29 is 19.0 Å². The van der Waals surface area contributed by atoms with E-state index in [-0.39, 0.29) is 5.91 Å². The van der Waals surface area contributed by atoms with Gasteiger partial charge in [0.25, 0.3) is 0 Å². The first-order valence-corrected chi connectivity index (χ1v) is 10.4. The molecule has 1 amide bonds. The van der Waals surface area contributed by atoms with Crippen LogP contribution >= 0.6 is 11.3 Å². The summed E-state index contributed by atoms with van der Waals surface area (Å²) in [7, 11) is 0. The Morgan fingerprint density at radius 2 is 2.03 bits per heavy atom. The number of thiazole rings is 1. The maximum atomic E-state index is 12.3. The van der Waals surface area contributed by atoms with E-state index >= 15 is 0 Å². The minimum atomic E-state index is -0.698. The fourth-order valence-electron chi connectivity index (χ4n) is 3.00. The predicted octanol–water partition coefficient (Wildman–Crippen LogP) is 5.19. The molecule has 0 radical (unpaired) electrons. The van der Waals surface area contributed by atoms with Crippen LogP contribution in [0.4, 0.5) is 5.69 Å². The normalized spacial score (nSPS) is 14.1. The van der Waals surface area contributed by atoms with Gasteiger partial charge in [-0.05, 0) is 42.8 Å². The molecule has 7 heteroatoms. The lowest BCUT2D eigenvalue weighted by molar-refractivity contribution is -0.111. The van der Waals surface area contributed by atoms with Crippen molar-refractivity contribution >= 4 is 29.0 Å². The van der Waals surface area contributed by atoms with Crippen LogP contribution in [0.2, 0.25) is 0 Å². The number of anilines is 1. The van der Waals surface area contributed by atoms with Crippen molar-refractivity contribution in [3.63, 3.8) is 0 Å². The Morgan fingerprint density at radius 3 is 2.83 bits per heavy atom. The highest BCUT2D eigenvalue weighted by atomic mass is 32.1. The lowest BCUT2D eigenvalue weighted by atomic mass is 10.2. The number of ether oxygens (including phenoxy) is 3. The van der Waals surface area contributed by atoms with Crippen molar-refractivity contribution in [2.75, 3.05) is 5.32 Å². The fourth-order valence-corrected chi connectivity index (χ4v) is 3.59. The molecule has 3 aromatic rings. The molecule has 6 nitrogen and oxygen atoms in total. The van der Waals surface area contributed by atoms with Crippen LogP contribution in [0.1, 0.15) is 30.1 Å². The number of amides is 1. The molecule has 0 saturated heterocycles. The minimum Gasteiger partial charge on any atom is -0.487 e. The molecule has 0 bridgehead atoms. The van der Waals surface area contributed by atoms with Crippen LogP contribution in [-0.2, 0) is 11.4 Å². The number of carbonyl (C=O) groups is 1. The lowest BCUT2D eigenvalue weighted by Gasteiger charge is -2.16. The highest BCUT2D eigenvalue weighted by Gasteiger charge is 2.31. The topological polar surface area (TPSA) is 69.7 Å². The summed E-state index contributed by atoms with van der Waals surface area (Å²) >= 11 is 1.60. The molecular weight excluding hydrogens is 400 g/mol. The molecule has 0 atom stereocenters. The van der Waals surface area contributed by atoms with Crippen LogP contribution in [0.5, 0.6) is 17.2 Å². The summed E-state index contributed by atoms with van der Waals surface area (Å²) in [4.78, 5) is 16.7. The van der Waals surface area contributed by atoms with E-state index < -0.39 is 5.79 Å². The van der Waals surface area contributed by atoms with Crippen molar-refractivity contribution in [2.45, 2.75) is 33.2 Å². The number of nitrogens with one attached hydrogen (secondary N) is 1. The van der Waals surface area contributed by atoms with Gasteiger partial charge in [-0.3, -0.25) is 4.79 Å². The number of hydrogen-bond acceptors (Lipinski definition) is 6. The summed E-state index contributed by atoms with van der Waals surface area (Å²) in [5.41, 5.74) is 2.41. The molecule has 1 aliphatic rings. The molecular formula is C23H22N2O4S. The molecule has 0 fully saturated rings. The van der Waals surface area contributed by atoms with E-state index in [1.54, 1.807) is 35.6 Å². The number of carbonyl (C=O) groups excluding carboxylic acids is 1. The lowest BCUT2D eigenvalue weighted by Crippen LogP contribution is -2.29. The van der Waals surface area contributed by atoms with Crippen LogP contribution in [0.25, 0.3) is 6.08 Å². The van der Waals surface area contributed by atoms with Crippen molar-refractivity contribution in [1.29, 1.82) is 0 Å². The summed E-state index contributed by atoms with van der Waals surface area (Å²) in [6.45, 7) is 6.06. The Kier molecular flexibility index (Phi) is 5.46. The van der Waals surface area contributed by atoms with Gasteiger partial charge in [-0.1, -0.05) is 12.1 Å². The average molecular weight is 423 g/mol. The Hall–Kier alpha value is -3.32. The summed E-state index contributed by atoms with van der Waals surface area (Å²) in [6.07, 6.45) is 3.22. The number of aryl methyl sites for hydroxylation is 1. The van der Waals surface area contributed by atoms with Gasteiger partial charge in [0.2, 0.25) is 11.7 Å². The van der Waals surface area contributed by atoms with Gasteiger partial charge in [0.15, 0.2) is 11.5 Å². The molecule has 0 spiro atoms. The number of hydrogen-bond donors (Lipinski definition) is 1. The van der Waals surface area contributed by atoms with Gasteiger partial charge in [0.1, 0.15) is 12.4 Å². The number of fused-ring (bicyclic) bond motifs is 1. The molecule has 1 aliphatic heterocycles. The third kappa shape index (κ3) is 4.99. The van der Waals surface area contributed by atoms with E-state index in [1.165, 1.54) is 6.08 Å². The van der Waals surface area contributed by atoms with Gasteiger partial charge in [-0.25, -0.2) is 4.98 Å². The first-order chi connectivity index (χ1) is 14.4. The van der Waals surface area contributed by atoms with Crippen molar-refractivity contribution in [1.82, 2.24) is 4.98 Å². The molecule has 0 saturated carbocycles. The molecule has 2 heterocycles. The van der Waals surface area contributed by atoms with E-state index in [1.807, 2.05) is 50.4 Å². The monoisotopic (exact) mass is 422 g/mol. The van der Waals surface area contributed by atoms with Gasteiger partial charge in [0.05, 0.1) is 10.7 Å². The molecule has 30 heavy (non-hydrogen) atoms. The third-order valence-corrected chi connectivity index (χ3v) is 5.08. The summed E-state index contributed by atoms with van der Waals surface area (Å²) < 4.78 is 17.2. The number of aromatic nitrogens is 1. The number of benzene rings is 2. The van der Waals surface area contributed by atoms with Crippen LogP contribution < -0.4 is 19.5 Å². The van der Waals surface area contributed by atoms with E-state index in [0.29, 0.717) is 23.8 Å². The zero-order valence-corrected chi connectivity index (χ0v) is 17.8. The van der Waals surface area contributed by atoms with Crippen molar-refractivity contribution in [3.05, 3.63) is 70.2 Å². The van der Waals surface area contributed by atoms with Crippen LogP contribution in [0.3, 0.4) is 0 Å². The molecule has 1 aromatic heterocycles. The second-order valence-electron chi connectivity index (χ2n) is 7.31. The summed E-state index contributed by atoms with van der Waals surface area (Å²) in [5, 5.41) is 5.84. The molecule has 1 N–H and O–H groups in total. The first kappa shape index (κ1) is 20.0. The van der Waals surface area contributed by atoms with E-state index in [4.69, 9.17) is 14.2 Å². The second kappa shape index (κ2) is 8.20. The highest BCUT2D eigenvalue weighted by Crippen LogP contribution is 2.40. The van der Waals surface area contributed by atoms with E-state index in [2.05, 4.69) is 10.3 Å². The highest BCUT2D eigenvalue weighted by molar-refractivity contribution is 7.09. The van der Waals surface area contributed by atoms with Crippen LogP contribution in [0.15, 0.2) is 53.9 Å². The van der Waals surface area contributed by atoms with Gasteiger partial charge < -0.3 is 19.5 Å². The van der Waals surface area contributed by atoms with Gasteiger partial charge >= 0.3 is 0 Å². The predicted molar refractivity (Wildman–Crippen MR) is 117 cm³/mol. The van der Waals surface area contributed by atoms with Crippen LogP contribution in [0, 0.1) is 6.92 Å². The first-order valence-electron chi connectivity index (χ1n) is 9.51. The standard InChI is InChI=1S/C23H22N2O4S/c1-15-24-18(14-30-15)13-27-19-6-4-5-16(11-19)7-10-22(26)25-17-8-9-20-21(12-17)29-23(2,3)28-20/h4-12,14H,13H2,1-3H3,(H,25,26). The Balaban J connectivity index is 1.35. The molecule has 154 valence electrons. The van der Waals surface area contributed by atoms with Crippen molar-refractivity contribution in [2.24, 2.45) is 0 Å². The molecule has 0 aliphatic carbocycles. The third-order valence-electron chi connectivity index (χ3n) is 4.26. The van der Waals surface area contributed by atoms with Crippen molar-refractivity contribution in [3.8, 4) is 17.2 Å². The molecule has 0 unspecified atom stereocenters. The summed E-state index contributed by atoms with van der Waals surface area (Å²) in [6, 6.07) is 12.9.